The molecular weight excluding hydrogens is 430 g/mol. The van der Waals surface area contributed by atoms with E-state index >= 15 is 0 Å². The Morgan fingerprint density at radius 1 is 1.22 bits per heavy atom. The summed E-state index contributed by atoms with van der Waals surface area (Å²) in [5, 5.41) is 18.5. The monoisotopic (exact) mass is 449 g/mol. The van der Waals surface area contributed by atoms with Gasteiger partial charge in [-0.15, -0.1) is 0 Å². The fourth-order valence-electron chi connectivity index (χ4n) is 4.83. The number of benzene rings is 2. The van der Waals surface area contributed by atoms with Gasteiger partial charge in [0.05, 0.1) is 18.0 Å². The molecule has 32 heavy (non-hydrogen) atoms. The summed E-state index contributed by atoms with van der Waals surface area (Å²) in [5.41, 5.74) is -3.13. The molecule has 3 aromatic rings. The Bertz CT molecular complexity index is 1290. The van der Waals surface area contributed by atoms with Crippen molar-refractivity contribution in [3.05, 3.63) is 63.7 Å². The molecular formula is C22H19F4N3O3. The average Bonchev–Trinajstić information content (AvgIpc) is 2.75. The minimum Gasteiger partial charge on any atom is -0.490 e. The lowest BCUT2D eigenvalue weighted by Crippen LogP contribution is -2.56. The van der Waals surface area contributed by atoms with Gasteiger partial charge in [0.1, 0.15) is 0 Å². The summed E-state index contributed by atoms with van der Waals surface area (Å²) in [6.07, 6.45) is -5.40. The topological polar surface area (TPSA) is 76.4 Å². The molecule has 0 radical (unpaired) electrons. The van der Waals surface area contributed by atoms with Crippen molar-refractivity contribution in [3.63, 3.8) is 0 Å². The maximum atomic E-state index is 14.4. The molecule has 1 aliphatic heterocycles. The lowest BCUT2D eigenvalue weighted by Gasteiger charge is -2.47. The molecule has 2 aliphatic rings. The van der Waals surface area contributed by atoms with Gasteiger partial charge < -0.3 is 15.2 Å². The van der Waals surface area contributed by atoms with Crippen LogP contribution in [0.5, 0.6) is 5.75 Å². The van der Waals surface area contributed by atoms with Crippen LogP contribution in [0.3, 0.4) is 0 Å². The van der Waals surface area contributed by atoms with Crippen molar-refractivity contribution in [3.8, 4) is 5.75 Å². The maximum absolute atomic E-state index is 14.4. The Morgan fingerprint density at radius 3 is 2.66 bits per heavy atom. The number of fused-ring (bicyclic) bond motifs is 1. The molecule has 0 saturated carbocycles. The summed E-state index contributed by atoms with van der Waals surface area (Å²) in [5.74, 6) is -1.44. The zero-order chi connectivity index (χ0) is 22.8. The molecule has 6 nitrogen and oxygen atoms in total. The zero-order valence-corrected chi connectivity index (χ0v) is 16.9. The van der Waals surface area contributed by atoms with Crippen molar-refractivity contribution in [2.45, 2.75) is 36.6 Å². The van der Waals surface area contributed by atoms with E-state index in [9.17, 15) is 27.5 Å². The molecule has 3 atom stereocenters. The third kappa shape index (κ3) is 2.89. The SMILES string of the molecule is Cn1nc(NC2c3ccc(F)c4c3C(CCO4)CC2(O)C(F)(F)F)c2ccccc2c1=O. The number of nitrogens with one attached hydrogen (secondary N) is 1. The van der Waals surface area contributed by atoms with Gasteiger partial charge in [0.2, 0.25) is 0 Å². The van der Waals surface area contributed by atoms with Gasteiger partial charge in [-0.25, -0.2) is 9.07 Å². The van der Waals surface area contributed by atoms with Gasteiger partial charge in [-0.05, 0) is 36.5 Å². The van der Waals surface area contributed by atoms with Crippen LogP contribution in [-0.2, 0) is 7.05 Å². The van der Waals surface area contributed by atoms with Crippen LogP contribution in [0.4, 0.5) is 23.4 Å². The van der Waals surface area contributed by atoms with Crippen LogP contribution in [0.1, 0.15) is 35.9 Å². The number of hydrogen-bond acceptors (Lipinski definition) is 5. The average molecular weight is 449 g/mol. The fourth-order valence-corrected chi connectivity index (χ4v) is 4.83. The summed E-state index contributed by atoms with van der Waals surface area (Å²) >= 11 is 0. The lowest BCUT2D eigenvalue weighted by atomic mass is 9.68. The van der Waals surface area contributed by atoms with Crippen LogP contribution >= 0.6 is 0 Å². The van der Waals surface area contributed by atoms with E-state index in [1.807, 2.05) is 0 Å². The molecule has 0 fully saturated rings. The van der Waals surface area contributed by atoms with Crippen molar-refractivity contribution in [2.24, 2.45) is 7.05 Å². The van der Waals surface area contributed by atoms with Gasteiger partial charge in [-0.1, -0.05) is 24.3 Å². The standard InChI is InChI=1S/C22H19F4N3O3/c1-29-20(30)13-5-3-2-4-12(13)19(28-29)27-18-14-6-7-15(23)17-16(14)11(8-9-32-17)10-21(18,31)22(24,25)26/h2-7,11,18,31H,8-10H2,1H3,(H,27,28). The highest BCUT2D eigenvalue weighted by molar-refractivity contribution is 5.91. The van der Waals surface area contributed by atoms with Gasteiger partial charge in [-0.2, -0.15) is 18.3 Å². The van der Waals surface area contributed by atoms with Gasteiger partial charge >= 0.3 is 6.18 Å². The summed E-state index contributed by atoms with van der Waals surface area (Å²) in [6.45, 7) is 0.0665. The van der Waals surface area contributed by atoms with Crippen LogP contribution in [0.2, 0.25) is 0 Å². The summed E-state index contributed by atoms with van der Waals surface area (Å²) in [6, 6.07) is 6.97. The van der Waals surface area contributed by atoms with E-state index in [0.29, 0.717) is 10.9 Å². The van der Waals surface area contributed by atoms with Crippen LogP contribution in [-0.4, -0.2) is 33.3 Å². The predicted molar refractivity (Wildman–Crippen MR) is 108 cm³/mol. The zero-order valence-electron chi connectivity index (χ0n) is 16.9. The molecule has 168 valence electrons. The number of aryl methyl sites for hydroxylation is 1. The number of ether oxygens (including phenoxy) is 1. The molecule has 3 unspecified atom stereocenters. The first-order valence-electron chi connectivity index (χ1n) is 10.1. The molecule has 2 N–H and O–H groups in total. The molecule has 2 heterocycles. The lowest BCUT2D eigenvalue weighted by molar-refractivity contribution is -0.273. The number of aromatic nitrogens is 2. The van der Waals surface area contributed by atoms with E-state index in [-0.39, 0.29) is 35.5 Å². The van der Waals surface area contributed by atoms with Crippen LogP contribution in [0.25, 0.3) is 10.8 Å². The first kappa shape index (κ1) is 20.7. The normalized spacial score (nSPS) is 24.7. The number of halogens is 4. The van der Waals surface area contributed by atoms with Gasteiger partial charge in [-0.3, -0.25) is 4.79 Å². The molecule has 10 heteroatoms. The smallest absolute Gasteiger partial charge is 0.419 e. The third-order valence-electron chi connectivity index (χ3n) is 6.38. The second-order valence-corrected chi connectivity index (χ2v) is 8.24. The Hall–Kier alpha value is -3.14. The van der Waals surface area contributed by atoms with Gasteiger partial charge in [0.15, 0.2) is 23.0 Å². The highest BCUT2D eigenvalue weighted by Gasteiger charge is 2.63. The summed E-state index contributed by atoms with van der Waals surface area (Å²) in [7, 11) is 1.39. The van der Waals surface area contributed by atoms with E-state index in [1.165, 1.54) is 13.1 Å². The number of nitrogens with zero attached hydrogens (tertiary/aromatic N) is 2. The minimum absolute atomic E-state index is 0.00336. The number of alkyl halides is 3. The quantitative estimate of drug-likeness (QED) is 0.583. The molecule has 1 aliphatic carbocycles. The summed E-state index contributed by atoms with van der Waals surface area (Å²) in [4.78, 5) is 12.4. The second-order valence-electron chi connectivity index (χ2n) is 8.24. The van der Waals surface area contributed by atoms with E-state index in [2.05, 4.69) is 10.4 Å². The Labute approximate surface area is 179 Å². The van der Waals surface area contributed by atoms with E-state index in [1.54, 1.807) is 24.3 Å². The Morgan fingerprint density at radius 2 is 1.94 bits per heavy atom. The van der Waals surface area contributed by atoms with Gasteiger partial charge in [0.25, 0.3) is 5.56 Å². The van der Waals surface area contributed by atoms with Crippen molar-refractivity contribution >= 4 is 16.6 Å². The Balaban J connectivity index is 1.74. The van der Waals surface area contributed by atoms with E-state index in [4.69, 9.17) is 4.74 Å². The van der Waals surface area contributed by atoms with Gasteiger partial charge in [0, 0.05) is 18.0 Å². The fraction of sp³-hybridized carbons (Fsp3) is 0.364. The first-order valence-corrected chi connectivity index (χ1v) is 10.1. The molecule has 5 rings (SSSR count). The van der Waals surface area contributed by atoms with E-state index in [0.717, 1.165) is 10.7 Å². The maximum Gasteiger partial charge on any atom is 0.419 e. The molecule has 0 bridgehead atoms. The number of aliphatic hydroxyl groups is 1. The third-order valence-corrected chi connectivity index (χ3v) is 6.38. The van der Waals surface area contributed by atoms with E-state index < -0.39 is 41.5 Å². The highest BCUT2D eigenvalue weighted by atomic mass is 19.4. The van der Waals surface area contributed by atoms with Crippen molar-refractivity contribution in [2.75, 3.05) is 11.9 Å². The van der Waals surface area contributed by atoms with Crippen LogP contribution < -0.4 is 15.6 Å². The molecule has 0 spiro atoms. The number of anilines is 1. The van der Waals surface area contributed by atoms with Crippen LogP contribution in [0, 0.1) is 5.82 Å². The molecule has 2 aromatic carbocycles. The Kier molecular flexibility index (Phi) is 4.49. The number of rotatable bonds is 2. The molecule has 1 aromatic heterocycles. The van der Waals surface area contributed by atoms with Crippen LogP contribution in [0.15, 0.2) is 41.2 Å². The largest absolute Gasteiger partial charge is 0.490 e. The van der Waals surface area contributed by atoms with Crippen molar-refractivity contribution in [1.29, 1.82) is 0 Å². The molecule has 0 saturated heterocycles. The van der Waals surface area contributed by atoms with Crippen molar-refractivity contribution in [1.82, 2.24) is 9.78 Å². The number of hydrogen-bond donors (Lipinski definition) is 2. The minimum atomic E-state index is -4.98. The summed E-state index contributed by atoms with van der Waals surface area (Å²) < 4.78 is 63.6. The predicted octanol–water partition coefficient (Wildman–Crippen LogP) is 3.79. The first-order chi connectivity index (χ1) is 15.1. The highest BCUT2D eigenvalue weighted by Crippen LogP contribution is 2.56. The molecule has 0 amide bonds. The second kappa shape index (κ2) is 6.93. The van der Waals surface area contributed by atoms with Crippen molar-refractivity contribution < 1.29 is 27.4 Å².